The van der Waals surface area contributed by atoms with Gasteiger partial charge in [-0.15, -0.1) is 10.2 Å². The monoisotopic (exact) mass is 473 g/mol. The fourth-order valence-electron chi connectivity index (χ4n) is 4.79. The molecule has 2 aromatic carbocycles. The summed E-state index contributed by atoms with van der Waals surface area (Å²) in [6, 6.07) is 19.4. The van der Waals surface area contributed by atoms with E-state index in [0.717, 1.165) is 36.8 Å². The molecule has 0 aliphatic heterocycles. The Bertz CT molecular complexity index is 1150. The van der Waals surface area contributed by atoms with Crippen molar-refractivity contribution in [3.63, 3.8) is 0 Å². The summed E-state index contributed by atoms with van der Waals surface area (Å²) in [4.78, 5) is 25.6. The van der Waals surface area contributed by atoms with E-state index in [9.17, 15) is 9.59 Å². The molecule has 1 aliphatic carbocycles. The molecule has 35 heavy (non-hydrogen) atoms. The van der Waals surface area contributed by atoms with Crippen molar-refractivity contribution >= 4 is 17.8 Å². The summed E-state index contributed by atoms with van der Waals surface area (Å²) in [5.41, 5.74) is 3.32. The van der Waals surface area contributed by atoms with E-state index in [4.69, 9.17) is 9.47 Å². The smallest absolute Gasteiger partial charge is 0.342 e. The van der Waals surface area contributed by atoms with E-state index >= 15 is 0 Å². The van der Waals surface area contributed by atoms with E-state index in [2.05, 4.69) is 15.5 Å². The van der Waals surface area contributed by atoms with Crippen LogP contribution in [0, 0.1) is 11.8 Å². The number of esters is 2. The van der Waals surface area contributed by atoms with Gasteiger partial charge in [-0.2, -0.15) is 0 Å². The van der Waals surface area contributed by atoms with Crippen LogP contribution in [0.2, 0.25) is 0 Å². The fraction of sp³-hybridized carbons (Fsp3) is 0.357. The SMILES string of the molecule is CCOC(=O)c1c(NCC2CCCCC2C(=O)OC)nnc(-c2ccccc2)c1-c1ccccc1. The van der Waals surface area contributed by atoms with Crippen LogP contribution in [0.25, 0.3) is 22.4 Å². The van der Waals surface area contributed by atoms with E-state index in [-0.39, 0.29) is 24.4 Å². The number of hydrogen-bond donors (Lipinski definition) is 1. The van der Waals surface area contributed by atoms with Crippen molar-refractivity contribution in [2.45, 2.75) is 32.6 Å². The predicted octanol–water partition coefficient (Wildman–Crippen LogP) is 5.38. The van der Waals surface area contributed by atoms with Crippen molar-refractivity contribution in [1.29, 1.82) is 0 Å². The van der Waals surface area contributed by atoms with Crippen molar-refractivity contribution in [3.8, 4) is 22.4 Å². The summed E-state index contributed by atoms with van der Waals surface area (Å²) in [6.45, 7) is 2.51. The van der Waals surface area contributed by atoms with Gasteiger partial charge in [0.15, 0.2) is 5.82 Å². The molecule has 1 aromatic heterocycles. The lowest BCUT2D eigenvalue weighted by molar-refractivity contribution is -0.148. The van der Waals surface area contributed by atoms with Crippen LogP contribution < -0.4 is 5.32 Å². The van der Waals surface area contributed by atoms with Gasteiger partial charge in [0.2, 0.25) is 0 Å². The molecule has 0 saturated heterocycles. The van der Waals surface area contributed by atoms with E-state index in [1.807, 2.05) is 60.7 Å². The summed E-state index contributed by atoms with van der Waals surface area (Å²) in [5.74, 6) is -0.373. The normalized spacial score (nSPS) is 17.4. The van der Waals surface area contributed by atoms with Crippen molar-refractivity contribution in [3.05, 3.63) is 66.2 Å². The third-order valence-electron chi connectivity index (χ3n) is 6.51. The van der Waals surface area contributed by atoms with Crippen LogP contribution in [0.15, 0.2) is 60.7 Å². The zero-order valence-corrected chi connectivity index (χ0v) is 20.2. The van der Waals surface area contributed by atoms with E-state index in [1.165, 1.54) is 7.11 Å². The van der Waals surface area contributed by atoms with E-state index < -0.39 is 5.97 Å². The van der Waals surface area contributed by atoms with Crippen LogP contribution in [0.3, 0.4) is 0 Å². The first-order valence-electron chi connectivity index (χ1n) is 12.1. The first kappa shape index (κ1) is 24.4. The second-order valence-electron chi connectivity index (χ2n) is 8.65. The molecule has 0 spiro atoms. The van der Waals surface area contributed by atoms with Crippen LogP contribution in [0.4, 0.5) is 5.82 Å². The lowest BCUT2D eigenvalue weighted by Crippen LogP contribution is -2.33. The van der Waals surface area contributed by atoms with Gasteiger partial charge in [0.05, 0.1) is 19.6 Å². The maximum Gasteiger partial charge on any atom is 0.342 e. The van der Waals surface area contributed by atoms with Gasteiger partial charge in [-0.3, -0.25) is 4.79 Å². The van der Waals surface area contributed by atoms with Crippen LogP contribution in [0.1, 0.15) is 43.0 Å². The molecule has 2 unspecified atom stereocenters. The van der Waals surface area contributed by atoms with Crippen LogP contribution in [0.5, 0.6) is 0 Å². The lowest BCUT2D eigenvalue weighted by atomic mass is 9.79. The molecule has 182 valence electrons. The highest BCUT2D eigenvalue weighted by molar-refractivity contribution is 6.05. The minimum absolute atomic E-state index is 0.0852. The average Bonchev–Trinajstić information content (AvgIpc) is 2.92. The average molecular weight is 474 g/mol. The lowest BCUT2D eigenvalue weighted by Gasteiger charge is -2.30. The highest BCUT2D eigenvalue weighted by atomic mass is 16.5. The third-order valence-corrected chi connectivity index (χ3v) is 6.51. The topological polar surface area (TPSA) is 90.4 Å². The highest BCUT2D eigenvalue weighted by Crippen LogP contribution is 2.37. The largest absolute Gasteiger partial charge is 0.469 e. The molecular formula is C28H31N3O4. The molecule has 2 atom stereocenters. The van der Waals surface area contributed by atoms with Gasteiger partial charge in [0, 0.05) is 17.7 Å². The fourth-order valence-corrected chi connectivity index (χ4v) is 4.79. The summed E-state index contributed by atoms with van der Waals surface area (Å²) in [6.07, 6.45) is 3.77. The van der Waals surface area contributed by atoms with Crippen molar-refractivity contribution in [2.75, 3.05) is 25.6 Å². The molecule has 0 radical (unpaired) electrons. The summed E-state index contributed by atoms with van der Waals surface area (Å²) >= 11 is 0. The van der Waals surface area contributed by atoms with Gasteiger partial charge in [-0.25, -0.2) is 4.79 Å². The first-order chi connectivity index (χ1) is 17.1. The number of aromatic nitrogens is 2. The number of carbonyl (C=O) groups excluding carboxylic acids is 2. The van der Waals surface area contributed by atoms with Crippen LogP contribution in [-0.2, 0) is 14.3 Å². The number of carbonyl (C=O) groups is 2. The Hall–Kier alpha value is -3.74. The number of hydrogen-bond acceptors (Lipinski definition) is 7. The molecule has 0 bridgehead atoms. The molecule has 7 heteroatoms. The second-order valence-corrected chi connectivity index (χ2v) is 8.65. The van der Waals surface area contributed by atoms with Gasteiger partial charge in [0.1, 0.15) is 11.3 Å². The van der Waals surface area contributed by atoms with Gasteiger partial charge in [-0.1, -0.05) is 73.5 Å². The molecule has 1 heterocycles. The van der Waals surface area contributed by atoms with Crippen molar-refractivity contribution in [1.82, 2.24) is 10.2 Å². The summed E-state index contributed by atoms with van der Waals surface area (Å²) < 4.78 is 10.5. The minimum atomic E-state index is -0.464. The minimum Gasteiger partial charge on any atom is -0.469 e. The Morgan fingerprint density at radius 2 is 1.60 bits per heavy atom. The molecular weight excluding hydrogens is 442 g/mol. The van der Waals surface area contributed by atoms with Gasteiger partial charge < -0.3 is 14.8 Å². The Morgan fingerprint density at radius 3 is 2.26 bits per heavy atom. The Kier molecular flexibility index (Phi) is 8.08. The number of benzene rings is 2. The molecule has 0 amide bonds. The molecule has 3 aromatic rings. The predicted molar refractivity (Wildman–Crippen MR) is 135 cm³/mol. The molecule has 1 fully saturated rings. The number of nitrogens with one attached hydrogen (secondary N) is 1. The van der Waals surface area contributed by atoms with Crippen LogP contribution >= 0.6 is 0 Å². The maximum atomic E-state index is 13.3. The quantitative estimate of drug-likeness (QED) is 0.439. The van der Waals surface area contributed by atoms with E-state index in [1.54, 1.807) is 6.92 Å². The number of ether oxygens (including phenoxy) is 2. The Labute approximate surface area is 205 Å². The van der Waals surface area contributed by atoms with E-state index in [0.29, 0.717) is 29.2 Å². The first-order valence-corrected chi connectivity index (χ1v) is 12.1. The molecule has 1 N–H and O–H groups in total. The van der Waals surface area contributed by atoms with Gasteiger partial charge in [-0.05, 0) is 31.2 Å². The van der Waals surface area contributed by atoms with Crippen molar-refractivity contribution < 1.29 is 19.1 Å². The standard InChI is InChI=1S/C28H31N3O4/c1-3-35-28(33)24-23(19-12-6-4-7-13-19)25(20-14-8-5-9-15-20)30-31-26(24)29-18-21-16-10-11-17-22(21)27(32)34-2/h4-9,12-15,21-22H,3,10-11,16-18H2,1-2H3,(H,29,31). The zero-order chi connectivity index (χ0) is 24.6. The van der Waals surface area contributed by atoms with Gasteiger partial charge >= 0.3 is 11.9 Å². The second kappa shape index (κ2) is 11.6. The third kappa shape index (κ3) is 5.50. The Balaban J connectivity index is 1.79. The molecule has 7 nitrogen and oxygen atoms in total. The molecule has 1 saturated carbocycles. The Morgan fingerprint density at radius 1 is 0.943 bits per heavy atom. The number of anilines is 1. The highest BCUT2D eigenvalue weighted by Gasteiger charge is 2.32. The summed E-state index contributed by atoms with van der Waals surface area (Å²) in [7, 11) is 1.43. The number of nitrogens with zero attached hydrogens (tertiary/aromatic N) is 2. The van der Waals surface area contributed by atoms with Crippen LogP contribution in [-0.4, -0.2) is 42.4 Å². The zero-order valence-electron chi connectivity index (χ0n) is 20.2. The van der Waals surface area contributed by atoms with Gasteiger partial charge in [0.25, 0.3) is 0 Å². The van der Waals surface area contributed by atoms with Crippen molar-refractivity contribution in [2.24, 2.45) is 11.8 Å². The summed E-state index contributed by atoms with van der Waals surface area (Å²) in [5, 5.41) is 12.3. The molecule has 1 aliphatic rings. The number of rotatable bonds is 8. The molecule has 4 rings (SSSR count). The maximum absolute atomic E-state index is 13.3. The number of methoxy groups -OCH3 is 1.